The Hall–Kier alpha value is -2.37. The predicted molar refractivity (Wildman–Crippen MR) is 78.9 cm³/mol. The maximum atomic E-state index is 12.0. The van der Waals surface area contributed by atoms with E-state index in [9.17, 15) is 4.79 Å². The maximum absolute atomic E-state index is 12.0. The fraction of sp³-hybridized carbons (Fsp3) is 0.400. The molecule has 0 unspecified atom stereocenters. The van der Waals surface area contributed by atoms with Crippen molar-refractivity contribution in [3.8, 4) is 0 Å². The Labute approximate surface area is 122 Å². The molecule has 3 rings (SSSR count). The minimum atomic E-state index is 0.00552. The number of nitrogens with one attached hydrogen (secondary N) is 1. The molecule has 0 aliphatic heterocycles. The fourth-order valence-corrected chi connectivity index (χ4v) is 2.92. The van der Waals surface area contributed by atoms with Crippen molar-refractivity contribution >= 4 is 17.4 Å². The third-order valence-electron chi connectivity index (χ3n) is 3.89. The van der Waals surface area contributed by atoms with Gasteiger partial charge in [0.15, 0.2) is 0 Å². The molecule has 0 amide bonds. The van der Waals surface area contributed by atoms with E-state index in [1.165, 1.54) is 11.1 Å². The number of anilines is 2. The van der Waals surface area contributed by atoms with Gasteiger partial charge in [0.25, 0.3) is 0 Å². The number of aromatic nitrogens is 2. The second-order valence-electron chi connectivity index (χ2n) is 5.63. The van der Waals surface area contributed by atoms with Gasteiger partial charge in [-0.05, 0) is 35.1 Å². The summed E-state index contributed by atoms with van der Waals surface area (Å²) in [5, 5.41) is 10.4. The average Bonchev–Trinajstić information content (AvgIpc) is 2.84. The van der Waals surface area contributed by atoms with Crippen LogP contribution in [0.4, 0.5) is 11.6 Å². The number of nitrogens with zero attached hydrogens (tertiary/aromatic N) is 2. The van der Waals surface area contributed by atoms with Crippen LogP contribution >= 0.6 is 0 Å². The van der Waals surface area contributed by atoms with Gasteiger partial charge in [-0.1, -0.05) is 29.8 Å². The number of rotatable bonds is 3. The van der Waals surface area contributed by atoms with Crippen molar-refractivity contribution in [1.29, 1.82) is 0 Å². The first-order valence-electron chi connectivity index (χ1n) is 7.04. The lowest BCUT2D eigenvalue weighted by Crippen LogP contribution is -2.31. The molecule has 0 spiro atoms. The summed E-state index contributed by atoms with van der Waals surface area (Å²) in [7, 11) is 0. The number of aryl methyl sites for hydroxylation is 1. The lowest BCUT2D eigenvalue weighted by atomic mass is 9.80. The molecule has 21 heavy (non-hydrogen) atoms. The quantitative estimate of drug-likeness (QED) is 0.899. The van der Waals surface area contributed by atoms with Gasteiger partial charge in [-0.3, -0.25) is 4.79 Å². The molecule has 0 saturated heterocycles. The van der Waals surface area contributed by atoms with E-state index < -0.39 is 0 Å². The van der Waals surface area contributed by atoms with Gasteiger partial charge in [0.2, 0.25) is 11.6 Å². The van der Waals surface area contributed by atoms with Gasteiger partial charge in [0.1, 0.15) is 5.78 Å². The molecule has 2 atom stereocenters. The Morgan fingerprint density at radius 1 is 1.33 bits per heavy atom. The van der Waals surface area contributed by atoms with E-state index in [1.807, 2.05) is 6.07 Å². The van der Waals surface area contributed by atoms with Gasteiger partial charge in [-0.25, -0.2) is 4.63 Å². The molecule has 0 radical (unpaired) electrons. The standard InChI is InChI=1S/C15H18N4O2/c1-9-3-2-4-10(5-9)11-6-12(8-13(20)7-11)17-15-14(16)18-21-19-15/h2-5,11-12H,6-8H2,1H3,(H2,16,18)(H,17,19)/t11-,12-/m1/s1. The number of nitrogen functional groups attached to an aromatic ring is 1. The van der Waals surface area contributed by atoms with Crippen molar-refractivity contribution in [3.63, 3.8) is 0 Å². The second kappa shape index (κ2) is 5.55. The first-order valence-corrected chi connectivity index (χ1v) is 7.04. The minimum absolute atomic E-state index is 0.00552. The molecule has 1 fully saturated rings. The van der Waals surface area contributed by atoms with Crippen molar-refractivity contribution in [2.45, 2.75) is 38.1 Å². The fourth-order valence-electron chi connectivity index (χ4n) is 2.92. The number of carbonyl (C=O) groups excluding carboxylic acids is 1. The molecule has 1 aliphatic carbocycles. The van der Waals surface area contributed by atoms with Crippen LogP contribution in [0.25, 0.3) is 0 Å². The molecule has 1 aromatic heterocycles. The Morgan fingerprint density at radius 2 is 2.19 bits per heavy atom. The molecule has 3 N–H and O–H groups in total. The Bertz CT molecular complexity index is 653. The molecule has 110 valence electrons. The average molecular weight is 286 g/mol. The first kappa shape index (κ1) is 13.6. The molecule has 1 aliphatic rings. The van der Waals surface area contributed by atoms with Gasteiger partial charge in [0.05, 0.1) is 0 Å². The summed E-state index contributed by atoms with van der Waals surface area (Å²) >= 11 is 0. The van der Waals surface area contributed by atoms with Crippen LogP contribution in [0.1, 0.15) is 36.3 Å². The lowest BCUT2D eigenvalue weighted by molar-refractivity contribution is -0.120. The van der Waals surface area contributed by atoms with Crippen LogP contribution in [0.5, 0.6) is 0 Å². The summed E-state index contributed by atoms with van der Waals surface area (Å²) in [5.41, 5.74) is 8.06. The number of ketones is 1. The third kappa shape index (κ3) is 3.04. The summed E-state index contributed by atoms with van der Waals surface area (Å²) in [6.07, 6.45) is 1.93. The van der Waals surface area contributed by atoms with Crippen LogP contribution in [0.2, 0.25) is 0 Å². The van der Waals surface area contributed by atoms with Crippen LogP contribution < -0.4 is 11.1 Å². The van der Waals surface area contributed by atoms with Crippen LogP contribution in [-0.4, -0.2) is 22.1 Å². The van der Waals surface area contributed by atoms with E-state index in [4.69, 9.17) is 5.73 Å². The molecule has 6 heteroatoms. The van der Waals surface area contributed by atoms with Crippen molar-refractivity contribution in [2.24, 2.45) is 0 Å². The highest BCUT2D eigenvalue weighted by molar-refractivity contribution is 5.81. The van der Waals surface area contributed by atoms with E-state index in [2.05, 4.69) is 45.4 Å². The number of benzene rings is 1. The van der Waals surface area contributed by atoms with Crippen LogP contribution in [0.3, 0.4) is 0 Å². The smallest absolute Gasteiger partial charge is 0.215 e. The molecule has 1 aromatic carbocycles. The van der Waals surface area contributed by atoms with Gasteiger partial charge in [-0.2, -0.15) is 0 Å². The van der Waals surface area contributed by atoms with E-state index in [0.717, 1.165) is 6.42 Å². The van der Waals surface area contributed by atoms with Crippen molar-refractivity contribution in [1.82, 2.24) is 10.3 Å². The minimum Gasteiger partial charge on any atom is -0.378 e. The SMILES string of the molecule is Cc1cccc([C@H]2CC(=O)C[C@H](Nc3nonc3N)C2)c1. The second-order valence-corrected chi connectivity index (χ2v) is 5.63. The highest BCUT2D eigenvalue weighted by Gasteiger charge is 2.29. The number of hydrogen-bond acceptors (Lipinski definition) is 6. The van der Waals surface area contributed by atoms with Gasteiger partial charge >= 0.3 is 0 Å². The zero-order chi connectivity index (χ0) is 14.8. The number of hydrogen-bond donors (Lipinski definition) is 2. The molecule has 1 saturated carbocycles. The maximum Gasteiger partial charge on any atom is 0.215 e. The normalized spacial score (nSPS) is 22.2. The van der Waals surface area contributed by atoms with Crippen LogP contribution in [-0.2, 0) is 4.79 Å². The van der Waals surface area contributed by atoms with E-state index >= 15 is 0 Å². The zero-order valence-corrected chi connectivity index (χ0v) is 11.9. The summed E-state index contributed by atoms with van der Waals surface area (Å²) in [6.45, 7) is 2.06. The summed E-state index contributed by atoms with van der Waals surface area (Å²) in [5.74, 6) is 1.11. The number of carbonyl (C=O) groups is 1. The van der Waals surface area contributed by atoms with Crippen molar-refractivity contribution in [2.75, 3.05) is 11.1 Å². The van der Waals surface area contributed by atoms with Gasteiger partial charge in [-0.15, -0.1) is 0 Å². The predicted octanol–water partition coefficient (Wildman–Crippen LogP) is 2.28. The molecule has 6 nitrogen and oxygen atoms in total. The molecule has 1 heterocycles. The van der Waals surface area contributed by atoms with Crippen LogP contribution in [0.15, 0.2) is 28.9 Å². The number of nitrogens with two attached hydrogens (primary N) is 1. The molecular weight excluding hydrogens is 268 g/mol. The van der Waals surface area contributed by atoms with Crippen LogP contribution in [0, 0.1) is 6.92 Å². The Morgan fingerprint density at radius 3 is 2.90 bits per heavy atom. The Balaban J connectivity index is 1.75. The topological polar surface area (TPSA) is 94.0 Å². The van der Waals surface area contributed by atoms with Crippen molar-refractivity contribution < 1.29 is 9.42 Å². The largest absolute Gasteiger partial charge is 0.378 e. The van der Waals surface area contributed by atoms with E-state index in [-0.39, 0.29) is 23.6 Å². The number of Topliss-reactive ketones (excluding diaryl/α,β-unsaturated/α-hetero) is 1. The van der Waals surface area contributed by atoms with Gasteiger partial charge in [0, 0.05) is 18.9 Å². The summed E-state index contributed by atoms with van der Waals surface area (Å²) < 4.78 is 4.57. The summed E-state index contributed by atoms with van der Waals surface area (Å²) in [6, 6.07) is 8.33. The lowest BCUT2D eigenvalue weighted by Gasteiger charge is -2.29. The molecule has 2 aromatic rings. The molecule has 0 bridgehead atoms. The third-order valence-corrected chi connectivity index (χ3v) is 3.89. The Kier molecular flexibility index (Phi) is 3.60. The first-order chi connectivity index (χ1) is 10.1. The highest BCUT2D eigenvalue weighted by Crippen LogP contribution is 2.33. The summed E-state index contributed by atoms with van der Waals surface area (Å²) in [4.78, 5) is 12.0. The van der Waals surface area contributed by atoms with Crippen molar-refractivity contribution in [3.05, 3.63) is 35.4 Å². The van der Waals surface area contributed by atoms with Gasteiger partial charge < -0.3 is 11.1 Å². The van der Waals surface area contributed by atoms with E-state index in [1.54, 1.807) is 0 Å². The monoisotopic (exact) mass is 286 g/mol. The zero-order valence-electron chi connectivity index (χ0n) is 11.9. The highest BCUT2D eigenvalue weighted by atomic mass is 16.6. The molecular formula is C15H18N4O2. The van der Waals surface area contributed by atoms with E-state index in [0.29, 0.717) is 18.7 Å².